The van der Waals surface area contributed by atoms with Crippen molar-refractivity contribution in [2.45, 2.75) is 32.2 Å². The summed E-state index contributed by atoms with van der Waals surface area (Å²) in [6.07, 6.45) is 1.08. The van der Waals surface area contributed by atoms with Gasteiger partial charge in [-0.3, -0.25) is 0 Å². The smallest absolute Gasteiger partial charge is 0.0522 e. The van der Waals surface area contributed by atoms with Crippen LogP contribution in [0, 0.1) is 6.92 Å². The third-order valence-corrected chi connectivity index (χ3v) is 4.21. The average molecular weight is 263 g/mol. The summed E-state index contributed by atoms with van der Waals surface area (Å²) in [5.74, 6) is 0.443. The molecule has 0 aliphatic carbocycles. The number of para-hydroxylation sites is 1. The third kappa shape index (κ3) is 2.36. The van der Waals surface area contributed by atoms with Crippen LogP contribution in [0.15, 0.2) is 60.7 Å². The molecule has 0 amide bonds. The van der Waals surface area contributed by atoms with Gasteiger partial charge in [0, 0.05) is 11.6 Å². The molecule has 0 saturated carbocycles. The van der Waals surface area contributed by atoms with Crippen LogP contribution in [0.2, 0.25) is 0 Å². The zero-order valence-electron chi connectivity index (χ0n) is 12.2. The average Bonchev–Trinajstić information content (AvgIpc) is 2.46. The first-order valence-corrected chi connectivity index (χ1v) is 7.22. The van der Waals surface area contributed by atoms with Gasteiger partial charge in [0.15, 0.2) is 0 Å². The van der Waals surface area contributed by atoms with Crippen molar-refractivity contribution in [3.05, 3.63) is 77.4 Å². The maximum absolute atomic E-state index is 4.19. The molecule has 1 heterocycles. The van der Waals surface area contributed by atoms with E-state index in [4.69, 9.17) is 0 Å². The van der Waals surface area contributed by atoms with E-state index in [0.29, 0.717) is 12.0 Å². The van der Waals surface area contributed by atoms with E-state index in [2.05, 4.69) is 74.3 Å². The largest absolute Gasteiger partial charge is 0.378 e. The minimum Gasteiger partial charge on any atom is -0.378 e. The Labute approximate surface area is 121 Å². The Bertz CT molecular complexity index is 624. The molecule has 20 heavy (non-hydrogen) atoms. The lowest BCUT2D eigenvalue weighted by Gasteiger charge is -2.34. The molecule has 1 aliphatic rings. The van der Waals surface area contributed by atoms with E-state index in [9.17, 15) is 0 Å². The Kier molecular flexibility index (Phi) is 3.35. The summed E-state index contributed by atoms with van der Waals surface area (Å²) < 4.78 is 0. The molecule has 102 valence electrons. The molecule has 0 radical (unpaired) electrons. The second-order valence-electron chi connectivity index (χ2n) is 5.83. The van der Waals surface area contributed by atoms with Gasteiger partial charge in [0.2, 0.25) is 0 Å². The molecule has 0 spiro atoms. The van der Waals surface area contributed by atoms with E-state index in [1.807, 2.05) is 0 Å². The van der Waals surface area contributed by atoms with E-state index >= 15 is 0 Å². The molecule has 2 aromatic carbocycles. The van der Waals surface area contributed by atoms with E-state index in [1.165, 1.54) is 28.0 Å². The SMILES string of the molecule is C=C(C)[C@@H]1C[C@@H](c2ccc(C)cc2)Nc2ccccc21. The quantitative estimate of drug-likeness (QED) is 0.733. The third-order valence-electron chi connectivity index (χ3n) is 4.21. The van der Waals surface area contributed by atoms with Crippen LogP contribution in [0.25, 0.3) is 0 Å². The lowest BCUT2D eigenvalue weighted by atomic mass is 9.81. The predicted octanol–water partition coefficient (Wildman–Crippen LogP) is 5.21. The van der Waals surface area contributed by atoms with Crippen molar-refractivity contribution in [2.24, 2.45) is 0 Å². The van der Waals surface area contributed by atoms with Crippen LogP contribution >= 0.6 is 0 Å². The van der Waals surface area contributed by atoms with Crippen LogP contribution < -0.4 is 5.32 Å². The van der Waals surface area contributed by atoms with Gasteiger partial charge >= 0.3 is 0 Å². The summed E-state index contributed by atoms with van der Waals surface area (Å²) in [7, 11) is 0. The predicted molar refractivity (Wildman–Crippen MR) is 86.2 cm³/mol. The zero-order chi connectivity index (χ0) is 14.1. The molecule has 1 N–H and O–H groups in total. The number of fused-ring (bicyclic) bond motifs is 1. The van der Waals surface area contributed by atoms with Crippen LogP contribution in [0.5, 0.6) is 0 Å². The second-order valence-corrected chi connectivity index (χ2v) is 5.83. The topological polar surface area (TPSA) is 12.0 Å². The highest BCUT2D eigenvalue weighted by Crippen LogP contribution is 2.42. The Hall–Kier alpha value is -2.02. The van der Waals surface area contributed by atoms with Crippen molar-refractivity contribution in [2.75, 3.05) is 5.32 Å². The van der Waals surface area contributed by atoms with Gasteiger partial charge in [0.25, 0.3) is 0 Å². The summed E-state index contributed by atoms with van der Waals surface area (Å²) >= 11 is 0. The molecule has 0 bridgehead atoms. The first-order chi connectivity index (χ1) is 9.65. The lowest BCUT2D eigenvalue weighted by Crippen LogP contribution is -2.22. The first kappa shape index (κ1) is 13.0. The van der Waals surface area contributed by atoms with Crippen molar-refractivity contribution in [3.63, 3.8) is 0 Å². The van der Waals surface area contributed by atoms with E-state index in [-0.39, 0.29) is 0 Å². The molecule has 0 saturated heterocycles. The fraction of sp³-hybridized carbons (Fsp3) is 0.263. The summed E-state index contributed by atoms with van der Waals surface area (Å²) in [6.45, 7) is 8.46. The van der Waals surface area contributed by atoms with E-state index < -0.39 is 0 Å². The molecule has 0 aromatic heterocycles. The number of nitrogens with one attached hydrogen (secondary N) is 1. The first-order valence-electron chi connectivity index (χ1n) is 7.22. The van der Waals surface area contributed by atoms with Crippen LogP contribution in [0.3, 0.4) is 0 Å². The highest BCUT2D eigenvalue weighted by molar-refractivity contribution is 5.58. The molecule has 0 unspecified atom stereocenters. The number of allylic oxidation sites excluding steroid dienone is 1. The molecular weight excluding hydrogens is 242 g/mol. The summed E-state index contributed by atoms with van der Waals surface area (Å²) in [6, 6.07) is 17.8. The van der Waals surface area contributed by atoms with Gasteiger partial charge < -0.3 is 5.32 Å². The summed E-state index contributed by atoms with van der Waals surface area (Å²) in [5, 5.41) is 3.68. The lowest BCUT2D eigenvalue weighted by molar-refractivity contribution is 0.597. The minimum atomic E-state index is 0.368. The Balaban J connectivity index is 1.97. The maximum Gasteiger partial charge on any atom is 0.0522 e. The summed E-state index contributed by atoms with van der Waals surface area (Å²) in [5.41, 5.74) is 6.54. The van der Waals surface area contributed by atoms with Gasteiger partial charge in [-0.1, -0.05) is 60.2 Å². The van der Waals surface area contributed by atoms with Crippen LogP contribution in [-0.4, -0.2) is 0 Å². The fourth-order valence-corrected chi connectivity index (χ4v) is 3.03. The minimum absolute atomic E-state index is 0.368. The van der Waals surface area contributed by atoms with Gasteiger partial charge in [0.05, 0.1) is 6.04 Å². The Morgan fingerprint density at radius 3 is 2.50 bits per heavy atom. The highest BCUT2D eigenvalue weighted by Gasteiger charge is 2.27. The standard InChI is InChI=1S/C19H21N/c1-13(2)17-12-19(15-10-8-14(3)9-11-15)20-18-7-5-4-6-16(17)18/h4-11,17,19-20H,1,12H2,2-3H3/t17-,19-/m0/s1. The molecular formula is C19H21N. The van der Waals surface area contributed by atoms with Crippen molar-refractivity contribution < 1.29 is 0 Å². The zero-order valence-corrected chi connectivity index (χ0v) is 12.2. The van der Waals surface area contributed by atoms with Gasteiger partial charge in [-0.15, -0.1) is 0 Å². The number of benzene rings is 2. The van der Waals surface area contributed by atoms with Gasteiger partial charge in [-0.25, -0.2) is 0 Å². The number of hydrogen-bond donors (Lipinski definition) is 1. The molecule has 2 atom stereocenters. The van der Waals surface area contributed by atoms with Crippen molar-refractivity contribution >= 4 is 5.69 Å². The van der Waals surface area contributed by atoms with Crippen molar-refractivity contribution in [3.8, 4) is 0 Å². The molecule has 3 rings (SSSR count). The molecule has 1 aliphatic heterocycles. The van der Waals surface area contributed by atoms with Crippen LogP contribution in [0.4, 0.5) is 5.69 Å². The van der Waals surface area contributed by atoms with E-state index in [1.54, 1.807) is 0 Å². The van der Waals surface area contributed by atoms with Crippen LogP contribution in [-0.2, 0) is 0 Å². The number of rotatable bonds is 2. The Morgan fingerprint density at radius 2 is 1.80 bits per heavy atom. The molecule has 1 nitrogen and oxygen atoms in total. The Morgan fingerprint density at radius 1 is 1.10 bits per heavy atom. The van der Waals surface area contributed by atoms with Crippen molar-refractivity contribution in [1.29, 1.82) is 0 Å². The number of hydrogen-bond acceptors (Lipinski definition) is 1. The van der Waals surface area contributed by atoms with Gasteiger partial charge in [-0.05, 0) is 37.5 Å². The van der Waals surface area contributed by atoms with Crippen LogP contribution in [0.1, 0.15) is 42.0 Å². The fourth-order valence-electron chi connectivity index (χ4n) is 3.03. The number of aryl methyl sites for hydroxylation is 1. The molecule has 0 fully saturated rings. The monoisotopic (exact) mass is 263 g/mol. The maximum atomic E-state index is 4.19. The van der Waals surface area contributed by atoms with Crippen molar-refractivity contribution in [1.82, 2.24) is 0 Å². The van der Waals surface area contributed by atoms with Gasteiger partial charge in [0.1, 0.15) is 0 Å². The van der Waals surface area contributed by atoms with E-state index in [0.717, 1.165) is 6.42 Å². The molecule has 1 heteroatoms. The van der Waals surface area contributed by atoms with Gasteiger partial charge in [-0.2, -0.15) is 0 Å². The normalized spacial score (nSPS) is 20.9. The highest BCUT2D eigenvalue weighted by atomic mass is 14.9. The number of anilines is 1. The molecule has 2 aromatic rings. The second kappa shape index (κ2) is 5.16. The summed E-state index contributed by atoms with van der Waals surface area (Å²) in [4.78, 5) is 0.